The minimum atomic E-state index is -0.293. The third kappa shape index (κ3) is 6.87. The van der Waals surface area contributed by atoms with Crippen molar-refractivity contribution in [1.82, 2.24) is 4.90 Å². The summed E-state index contributed by atoms with van der Waals surface area (Å²) in [6.45, 7) is 7.94. The third-order valence-corrected chi connectivity index (χ3v) is 8.49. The van der Waals surface area contributed by atoms with Gasteiger partial charge in [0.1, 0.15) is 11.3 Å². The molecule has 1 saturated heterocycles. The summed E-state index contributed by atoms with van der Waals surface area (Å²) in [5.41, 5.74) is 4.87. The molecule has 220 valence electrons. The number of morpholine rings is 1. The van der Waals surface area contributed by atoms with Gasteiger partial charge in [-0.15, -0.1) is 0 Å². The van der Waals surface area contributed by atoms with E-state index in [0.29, 0.717) is 24.6 Å². The second kappa shape index (κ2) is 13.4. The van der Waals surface area contributed by atoms with Crippen molar-refractivity contribution in [1.29, 1.82) is 0 Å². The van der Waals surface area contributed by atoms with Crippen molar-refractivity contribution >= 4 is 34.2 Å². The SMILES string of the molecule is CCOC(=O)CCN(C)C(=O)c1ccc(NC(c2oc3ccc(N4CCOCC4)cc3c2C)C2CCCCC2)cc1. The fourth-order valence-corrected chi connectivity index (χ4v) is 6.11. The molecule has 2 aliphatic rings. The molecule has 0 spiro atoms. The number of nitrogens with zero attached hydrogens (tertiary/aromatic N) is 2. The number of hydrogen-bond donors (Lipinski definition) is 1. The Morgan fingerprint density at radius 2 is 1.80 bits per heavy atom. The van der Waals surface area contributed by atoms with Gasteiger partial charge in [0.2, 0.25) is 0 Å². The molecule has 1 unspecified atom stereocenters. The molecular weight excluding hydrogens is 518 g/mol. The van der Waals surface area contributed by atoms with Gasteiger partial charge in [0.15, 0.2) is 0 Å². The summed E-state index contributed by atoms with van der Waals surface area (Å²) in [5.74, 6) is 1.06. The van der Waals surface area contributed by atoms with Crippen molar-refractivity contribution in [3.8, 4) is 0 Å². The number of carbonyl (C=O) groups excluding carboxylic acids is 2. The van der Waals surface area contributed by atoms with E-state index in [1.54, 1.807) is 18.9 Å². The highest BCUT2D eigenvalue weighted by Crippen LogP contribution is 2.41. The lowest BCUT2D eigenvalue weighted by Crippen LogP contribution is -2.36. The number of fused-ring (bicyclic) bond motifs is 1. The number of amides is 1. The molecule has 1 aliphatic heterocycles. The summed E-state index contributed by atoms with van der Waals surface area (Å²) in [5, 5.41) is 4.95. The number of benzene rings is 2. The number of furan rings is 1. The quantitative estimate of drug-likeness (QED) is 0.289. The maximum Gasteiger partial charge on any atom is 0.307 e. The van der Waals surface area contributed by atoms with Crippen LogP contribution in [0.4, 0.5) is 11.4 Å². The molecule has 0 bridgehead atoms. The molecule has 41 heavy (non-hydrogen) atoms. The number of esters is 1. The molecule has 1 saturated carbocycles. The summed E-state index contributed by atoms with van der Waals surface area (Å²) < 4.78 is 17.1. The molecule has 1 aromatic heterocycles. The van der Waals surface area contributed by atoms with Gasteiger partial charge in [-0.25, -0.2) is 0 Å². The highest BCUT2D eigenvalue weighted by Gasteiger charge is 2.30. The largest absolute Gasteiger partial charge is 0.466 e. The van der Waals surface area contributed by atoms with E-state index in [1.165, 1.54) is 35.9 Å². The summed E-state index contributed by atoms with van der Waals surface area (Å²) >= 11 is 0. The van der Waals surface area contributed by atoms with Crippen LogP contribution in [-0.2, 0) is 14.3 Å². The van der Waals surface area contributed by atoms with Gasteiger partial charge in [-0.1, -0.05) is 19.3 Å². The first-order valence-electron chi connectivity index (χ1n) is 15.1. The molecule has 1 amide bonds. The maximum absolute atomic E-state index is 12.9. The molecule has 2 aromatic carbocycles. The zero-order valence-electron chi connectivity index (χ0n) is 24.6. The second-order valence-electron chi connectivity index (χ2n) is 11.3. The van der Waals surface area contributed by atoms with Gasteiger partial charge in [0, 0.05) is 54.6 Å². The standard InChI is InChI=1S/C33H43N3O5/c1-4-40-30(37)16-17-35(3)33(38)25-10-12-26(13-11-25)34-31(24-8-6-5-7-9-24)32-23(2)28-22-27(14-15-29(28)41-32)36-18-20-39-21-19-36/h10-15,22,24,31,34H,4-9,16-21H2,1-3H3. The normalized spacial score (nSPS) is 16.9. The van der Waals surface area contributed by atoms with Crippen LogP contribution in [-0.4, -0.2) is 63.3 Å². The van der Waals surface area contributed by atoms with E-state index >= 15 is 0 Å². The van der Waals surface area contributed by atoms with Gasteiger partial charge in [-0.2, -0.15) is 0 Å². The molecule has 8 nitrogen and oxygen atoms in total. The summed E-state index contributed by atoms with van der Waals surface area (Å²) in [6.07, 6.45) is 6.25. The Hall–Kier alpha value is -3.52. The van der Waals surface area contributed by atoms with E-state index < -0.39 is 0 Å². The highest BCUT2D eigenvalue weighted by molar-refractivity contribution is 5.94. The Labute approximate surface area is 243 Å². The fraction of sp³-hybridized carbons (Fsp3) is 0.515. The number of hydrogen-bond acceptors (Lipinski definition) is 7. The lowest BCUT2D eigenvalue weighted by Gasteiger charge is -2.31. The number of rotatable bonds is 10. The minimum absolute atomic E-state index is 0.0448. The summed E-state index contributed by atoms with van der Waals surface area (Å²) in [4.78, 5) is 28.6. The molecule has 2 fully saturated rings. The van der Waals surface area contributed by atoms with Crippen LogP contribution in [0.3, 0.4) is 0 Å². The molecule has 8 heteroatoms. The van der Waals surface area contributed by atoms with Crippen LogP contribution >= 0.6 is 0 Å². The van der Waals surface area contributed by atoms with Crippen molar-refractivity contribution < 1.29 is 23.5 Å². The van der Waals surface area contributed by atoms with Crippen molar-refractivity contribution in [2.75, 3.05) is 56.7 Å². The lowest BCUT2D eigenvalue weighted by atomic mass is 9.82. The Kier molecular flexibility index (Phi) is 9.49. The maximum atomic E-state index is 12.9. The highest BCUT2D eigenvalue weighted by atomic mass is 16.5. The Balaban J connectivity index is 1.34. The molecule has 1 atom stereocenters. The topological polar surface area (TPSA) is 84.2 Å². The second-order valence-corrected chi connectivity index (χ2v) is 11.3. The molecule has 1 N–H and O–H groups in total. The van der Waals surface area contributed by atoms with Gasteiger partial charge < -0.3 is 29.0 Å². The van der Waals surface area contributed by atoms with Crippen LogP contribution in [0.1, 0.15) is 73.2 Å². The number of nitrogens with one attached hydrogen (secondary N) is 1. The third-order valence-electron chi connectivity index (χ3n) is 8.49. The number of aryl methyl sites for hydroxylation is 1. The minimum Gasteiger partial charge on any atom is -0.466 e. The van der Waals surface area contributed by atoms with E-state index in [-0.39, 0.29) is 24.3 Å². The van der Waals surface area contributed by atoms with Crippen LogP contribution in [0.5, 0.6) is 0 Å². The van der Waals surface area contributed by atoms with E-state index in [0.717, 1.165) is 56.2 Å². The molecule has 0 radical (unpaired) electrons. The van der Waals surface area contributed by atoms with Gasteiger partial charge in [-0.05, 0) is 75.1 Å². The van der Waals surface area contributed by atoms with Gasteiger partial charge in [-0.3, -0.25) is 9.59 Å². The first-order valence-corrected chi connectivity index (χ1v) is 15.1. The van der Waals surface area contributed by atoms with Crippen molar-refractivity contribution in [3.05, 3.63) is 59.4 Å². The van der Waals surface area contributed by atoms with Gasteiger partial charge in [0.25, 0.3) is 5.91 Å². The first-order chi connectivity index (χ1) is 19.9. The van der Waals surface area contributed by atoms with E-state index in [9.17, 15) is 9.59 Å². The first kappa shape index (κ1) is 29.0. The van der Waals surface area contributed by atoms with Gasteiger partial charge in [0.05, 0.1) is 32.3 Å². The molecular formula is C33H43N3O5. The van der Waals surface area contributed by atoms with Crippen molar-refractivity contribution in [2.45, 2.75) is 58.4 Å². The predicted molar refractivity (Wildman–Crippen MR) is 162 cm³/mol. The Morgan fingerprint density at radius 3 is 2.51 bits per heavy atom. The molecule has 3 aromatic rings. The monoisotopic (exact) mass is 561 g/mol. The number of carbonyl (C=O) groups is 2. The van der Waals surface area contributed by atoms with Crippen LogP contribution in [0, 0.1) is 12.8 Å². The molecule has 1 aliphatic carbocycles. The van der Waals surface area contributed by atoms with Crippen molar-refractivity contribution in [2.24, 2.45) is 5.92 Å². The Morgan fingerprint density at radius 1 is 1.07 bits per heavy atom. The average molecular weight is 562 g/mol. The molecule has 2 heterocycles. The van der Waals surface area contributed by atoms with E-state index in [4.69, 9.17) is 13.9 Å². The predicted octanol–water partition coefficient (Wildman–Crippen LogP) is 6.34. The van der Waals surface area contributed by atoms with Gasteiger partial charge >= 0.3 is 5.97 Å². The summed E-state index contributed by atoms with van der Waals surface area (Å²) in [7, 11) is 1.71. The van der Waals surface area contributed by atoms with E-state index in [2.05, 4.69) is 35.3 Å². The molecule has 5 rings (SSSR count). The number of ether oxygens (including phenoxy) is 2. The zero-order valence-corrected chi connectivity index (χ0v) is 24.6. The Bertz CT molecular complexity index is 1320. The number of anilines is 2. The van der Waals surface area contributed by atoms with Crippen molar-refractivity contribution in [3.63, 3.8) is 0 Å². The van der Waals surface area contributed by atoms with E-state index in [1.807, 2.05) is 24.3 Å². The lowest BCUT2D eigenvalue weighted by molar-refractivity contribution is -0.143. The van der Waals surface area contributed by atoms with Crippen LogP contribution in [0.15, 0.2) is 46.9 Å². The fourth-order valence-electron chi connectivity index (χ4n) is 6.11. The zero-order chi connectivity index (χ0) is 28.8. The summed E-state index contributed by atoms with van der Waals surface area (Å²) in [6, 6.07) is 14.2. The van der Waals surface area contributed by atoms with Crippen LogP contribution < -0.4 is 10.2 Å². The van der Waals surface area contributed by atoms with Crippen LogP contribution in [0.2, 0.25) is 0 Å². The average Bonchev–Trinajstić information content (AvgIpc) is 3.34. The smallest absolute Gasteiger partial charge is 0.307 e. The van der Waals surface area contributed by atoms with Crippen LogP contribution in [0.25, 0.3) is 11.0 Å².